The summed E-state index contributed by atoms with van der Waals surface area (Å²) in [6.07, 6.45) is 2.33. The van der Waals surface area contributed by atoms with Gasteiger partial charge < -0.3 is 14.6 Å². The lowest BCUT2D eigenvalue weighted by Gasteiger charge is -2.17. The second-order valence-corrected chi connectivity index (χ2v) is 8.55. The maximum atomic E-state index is 13.2. The van der Waals surface area contributed by atoms with Gasteiger partial charge >= 0.3 is 0 Å². The van der Waals surface area contributed by atoms with E-state index in [4.69, 9.17) is 10.00 Å². The molecule has 35 heavy (non-hydrogen) atoms. The second kappa shape index (κ2) is 10.9. The highest BCUT2D eigenvalue weighted by Crippen LogP contribution is 2.28. The Morgan fingerprint density at radius 2 is 1.86 bits per heavy atom. The molecule has 3 N–H and O–H groups in total. The molecule has 1 saturated heterocycles. The third kappa shape index (κ3) is 5.69. The van der Waals surface area contributed by atoms with Crippen LogP contribution >= 0.6 is 0 Å². The van der Waals surface area contributed by atoms with E-state index in [0.29, 0.717) is 5.56 Å². The van der Waals surface area contributed by atoms with Crippen molar-refractivity contribution in [2.24, 2.45) is 7.05 Å². The summed E-state index contributed by atoms with van der Waals surface area (Å²) in [6, 6.07) is 19.0. The van der Waals surface area contributed by atoms with Crippen LogP contribution in [0.2, 0.25) is 0 Å². The van der Waals surface area contributed by atoms with Gasteiger partial charge in [0.05, 0.1) is 17.2 Å². The van der Waals surface area contributed by atoms with Crippen LogP contribution in [0, 0.1) is 11.3 Å². The Labute approximate surface area is 203 Å². The molecule has 1 aliphatic heterocycles. The van der Waals surface area contributed by atoms with Gasteiger partial charge in [0.15, 0.2) is 11.4 Å². The molecule has 0 spiro atoms. The van der Waals surface area contributed by atoms with Gasteiger partial charge in [0.1, 0.15) is 6.61 Å². The maximum Gasteiger partial charge on any atom is 0.295 e. The third-order valence-corrected chi connectivity index (χ3v) is 6.02. The lowest BCUT2D eigenvalue weighted by Crippen LogP contribution is -2.37. The number of rotatable bonds is 8. The zero-order valence-corrected chi connectivity index (χ0v) is 19.4. The number of carbonyl (C=O) groups is 2. The van der Waals surface area contributed by atoms with Crippen LogP contribution in [0.3, 0.4) is 0 Å². The number of nitrogens with zero attached hydrogens (tertiary/aromatic N) is 3. The fraction of sp³-hybridized carbons (Fsp3) is 0.269. The average Bonchev–Trinajstić information content (AvgIpc) is 3.46. The van der Waals surface area contributed by atoms with E-state index in [9.17, 15) is 14.8 Å². The quantitative estimate of drug-likeness (QED) is 0.342. The second-order valence-electron chi connectivity index (χ2n) is 8.55. The molecule has 1 unspecified atom stereocenters. The minimum atomic E-state index is -0.781. The zero-order chi connectivity index (χ0) is 24.8. The molecule has 2 amide bonds. The Bertz CT molecular complexity index is 1230. The van der Waals surface area contributed by atoms with Crippen LogP contribution in [0.25, 0.3) is 0 Å². The molecule has 1 atom stereocenters. The van der Waals surface area contributed by atoms with E-state index < -0.39 is 5.91 Å². The molecule has 1 aromatic heterocycles. The van der Waals surface area contributed by atoms with Gasteiger partial charge in [0, 0.05) is 38.9 Å². The Morgan fingerprint density at radius 3 is 2.54 bits per heavy atom. The van der Waals surface area contributed by atoms with Crippen molar-refractivity contribution in [3.63, 3.8) is 0 Å². The SMILES string of the molecule is Cn1cc(C(=O)NC2CCN(Cc3ccccc3)C2)c(OCc2ccc(C#N)cc2)c1C(=O)NO. The molecule has 180 valence electrons. The largest absolute Gasteiger partial charge is 0.486 e. The fourth-order valence-corrected chi connectivity index (χ4v) is 4.26. The molecule has 9 heteroatoms. The van der Waals surface area contributed by atoms with Crippen molar-refractivity contribution >= 4 is 11.8 Å². The van der Waals surface area contributed by atoms with Crippen LogP contribution in [0.15, 0.2) is 60.8 Å². The van der Waals surface area contributed by atoms with E-state index in [1.807, 2.05) is 18.2 Å². The summed E-state index contributed by atoms with van der Waals surface area (Å²) < 4.78 is 7.36. The molecular weight excluding hydrogens is 446 g/mol. The van der Waals surface area contributed by atoms with Gasteiger partial charge in [0.25, 0.3) is 11.8 Å². The van der Waals surface area contributed by atoms with E-state index >= 15 is 0 Å². The number of carbonyl (C=O) groups excluding carboxylic acids is 2. The van der Waals surface area contributed by atoms with Gasteiger partial charge in [-0.2, -0.15) is 5.26 Å². The predicted octanol–water partition coefficient (Wildman–Crippen LogP) is 2.60. The highest BCUT2D eigenvalue weighted by molar-refractivity contribution is 6.03. The van der Waals surface area contributed by atoms with Crippen LogP contribution in [0.4, 0.5) is 0 Å². The van der Waals surface area contributed by atoms with Gasteiger partial charge in [0.2, 0.25) is 0 Å². The fourth-order valence-electron chi connectivity index (χ4n) is 4.26. The first-order valence-corrected chi connectivity index (χ1v) is 11.3. The Morgan fingerprint density at radius 1 is 1.11 bits per heavy atom. The number of ether oxygens (including phenoxy) is 1. The lowest BCUT2D eigenvalue weighted by atomic mass is 10.1. The Hall–Kier alpha value is -4.13. The van der Waals surface area contributed by atoms with Gasteiger partial charge in [-0.05, 0) is 29.7 Å². The van der Waals surface area contributed by atoms with Crippen LogP contribution in [-0.4, -0.2) is 45.6 Å². The van der Waals surface area contributed by atoms with Crippen LogP contribution in [0.5, 0.6) is 5.75 Å². The van der Waals surface area contributed by atoms with Gasteiger partial charge in [-0.25, -0.2) is 5.48 Å². The summed E-state index contributed by atoms with van der Waals surface area (Å²) in [7, 11) is 1.60. The number of aryl methyl sites for hydroxylation is 1. The van der Waals surface area contributed by atoms with Crippen LogP contribution < -0.4 is 15.5 Å². The number of nitriles is 1. The van der Waals surface area contributed by atoms with E-state index in [2.05, 4.69) is 28.4 Å². The van der Waals surface area contributed by atoms with Crippen molar-refractivity contribution < 1.29 is 19.5 Å². The number of nitrogens with one attached hydrogen (secondary N) is 2. The highest BCUT2D eigenvalue weighted by Gasteiger charge is 2.29. The van der Waals surface area contributed by atoms with E-state index in [1.165, 1.54) is 16.3 Å². The maximum absolute atomic E-state index is 13.2. The molecular formula is C26H27N5O4. The Kier molecular flexibility index (Phi) is 7.45. The number of aromatic nitrogens is 1. The van der Waals surface area contributed by atoms with Crippen molar-refractivity contribution in [3.05, 3.63) is 88.7 Å². The molecule has 3 aromatic rings. The number of hydrogen-bond donors (Lipinski definition) is 3. The van der Waals surface area contributed by atoms with E-state index in [-0.39, 0.29) is 35.6 Å². The first kappa shape index (κ1) is 24.0. The van der Waals surface area contributed by atoms with Crippen molar-refractivity contribution in [1.29, 1.82) is 5.26 Å². The summed E-state index contributed by atoms with van der Waals surface area (Å²) in [5.41, 5.74) is 4.36. The zero-order valence-electron chi connectivity index (χ0n) is 19.4. The molecule has 0 aliphatic carbocycles. The van der Waals surface area contributed by atoms with Crippen molar-refractivity contribution in [1.82, 2.24) is 20.3 Å². The van der Waals surface area contributed by atoms with Gasteiger partial charge in [-0.1, -0.05) is 42.5 Å². The minimum absolute atomic E-state index is 0.0309. The lowest BCUT2D eigenvalue weighted by molar-refractivity contribution is 0.0692. The van der Waals surface area contributed by atoms with E-state index in [1.54, 1.807) is 36.8 Å². The van der Waals surface area contributed by atoms with Crippen molar-refractivity contribution in [2.45, 2.75) is 25.6 Å². The topological polar surface area (TPSA) is 120 Å². The summed E-state index contributed by atoms with van der Waals surface area (Å²) in [6.45, 7) is 2.49. The molecule has 2 aromatic carbocycles. The number of hydrogen-bond acceptors (Lipinski definition) is 6. The molecule has 0 bridgehead atoms. The summed E-state index contributed by atoms with van der Waals surface area (Å²) >= 11 is 0. The summed E-state index contributed by atoms with van der Waals surface area (Å²) in [5.74, 6) is -1.05. The Balaban J connectivity index is 1.47. The molecule has 0 radical (unpaired) electrons. The molecule has 4 rings (SSSR count). The van der Waals surface area contributed by atoms with Crippen LogP contribution in [0.1, 0.15) is 44.0 Å². The average molecular weight is 474 g/mol. The summed E-state index contributed by atoms with van der Waals surface area (Å²) in [4.78, 5) is 27.8. The molecule has 1 fully saturated rings. The molecule has 0 saturated carbocycles. The van der Waals surface area contributed by atoms with Crippen LogP contribution in [-0.2, 0) is 20.2 Å². The van der Waals surface area contributed by atoms with Crippen molar-refractivity contribution in [2.75, 3.05) is 13.1 Å². The monoisotopic (exact) mass is 473 g/mol. The van der Waals surface area contributed by atoms with E-state index in [0.717, 1.165) is 31.6 Å². The smallest absolute Gasteiger partial charge is 0.295 e. The first-order chi connectivity index (χ1) is 17.0. The molecule has 1 aliphatic rings. The van der Waals surface area contributed by atoms with Gasteiger partial charge in [-0.15, -0.1) is 0 Å². The summed E-state index contributed by atoms with van der Waals surface area (Å²) in [5, 5.41) is 21.2. The number of hydroxylamine groups is 1. The predicted molar refractivity (Wildman–Crippen MR) is 128 cm³/mol. The number of amides is 2. The van der Waals surface area contributed by atoms with Crippen molar-refractivity contribution in [3.8, 4) is 11.8 Å². The molecule has 2 heterocycles. The highest BCUT2D eigenvalue weighted by atomic mass is 16.5. The number of benzene rings is 2. The van der Waals surface area contributed by atoms with Gasteiger partial charge in [-0.3, -0.25) is 19.7 Å². The standard InChI is InChI=1S/C26H27N5O4/c1-30-16-22(25(32)28-21-11-12-31(15-21)14-19-5-3-2-4-6-19)24(23(30)26(33)29-34)35-17-20-9-7-18(13-27)8-10-20/h2-10,16,21,34H,11-12,14-15,17H2,1H3,(H,28,32)(H,29,33). The third-order valence-electron chi connectivity index (χ3n) is 6.02. The minimum Gasteiger partial charge on any atom is -0.486 e. The normalized spacial score (nSPS) is 15.4. The number of likely N-dealkylation sites (tertiary alicyclic amines) is 1. The first-order valence-electron chi connectivity index (χ1n) is 11.3. The molecule has 9 nitrogen and oxygen atoms in total.